The SMILES string of the molecule is CC(=O)N[C@H]1[CH-]OC(C)C(C)[C@@H]1C.[W].[W].[W]. The molecule has 16 heavy (non-hydrogen) atoms. The van der Waals surface area contributed by atoms with Gasteiger partial charge >= 0.3 is 0 Å². The number of amides is 1. The Morgan fingerprint density at radius 2 is 1.62 bits per heavy atom. The van der Waals surface area contributed by atoms with E-state index in [0.717, 1.165) is 0 Å². The van der Waals surface area contributed by atoms with Crippen LogP contribution in [0.5, 0.6) is 0 Å². The molecular weight excluding hydrogens is 718 g/mol. The summed E-state index contributed by atoms with van der Waals surface area (Å²) >= 11 is 0. The van der Waals surface area contributed by atoms with Gasteiger partial charge in [0.05, 0.1) is 0 Å². The van der Waals surface area contributed by atoms with Crippen molar-refractivity contribution in [2.45, 2.75) is 39.8 Å². The van der Waals surface area contributed by atoms with Crippen LogP contribution in [-0.2, 0) is 72.7 Å². The Morgan fingerprint density at radius 1 is 1.12 bits per heavy atom. The Hall–Kier alpha value is 1.49. The van der Waals surface area contributed by atoms with Crippen molar-refractivity contribution in [2.24, 2.45) is 11.8 Å². The molecule has 0 aromatic carbocycles. The van der Waals surface area contributed by atoms with Gasteiger partial charge in [0.15, 0.2) is 0 Å². The molecular formula is C10H18NO2W3-. The minimum Gasteiger partial charge on any atom is -0.548 e. The molecule has 0 aliphatic carbocycles. The van der Waals surface area contributed by atoms with Crippen LogP contribution in [0.2, 0.25) is 0 Å². The number of hydrogen-bond donors (Lipinski definition) is 1. The fourth-order valence-corrected chi connectivity index (χ4v) is 1.61. The zero-order valence-electron chi connectivity index (χ0n) is 9.93. The van der Waals surface area contributed by atoms with E-state index in [4.69, 9.17) is 4.74 Å². The first-order valence-corrected chi connectivity index (χ1v) is 4.78. The maximum Gasteiger partial charge on any atom is 0.214 e. The molecule has 1 N–H and O–H groups in total. The van der Waals surface area contributed by atoms with Gasteiger partial charge < -0.3 is 10.1 Å². The van der Waals surface area contributed by atoms with Crippen molar-refractivity contribution in [2.75, 3.05) is 0 Å². The van der Waals surface area contributed by atoms with E-state index >= 15 is 0 Å². The Bertz CT molecular complexity index is 205. The van der Waals surface area contributed by atoms with Gasteiger partial charge in [-0.05, 0) is 18.8 Å². The van der Waals surface area contributed by atoms with Gasteiger partial charge in [-0.25, -0.2) is 0 Å². The summed E-state index contributed by atoms with van der Waals surface area (Å²) < 4.78 is 5.43. The van der Waals surface area contributed by atoms with Gasteiger partial charge in [0.2, 0.25) is 5.91 Å². The van der Waals surface area contributed by atoms with Crippen LogP contribution >= 0.6 is 0 Å². The van der Waals surface area contributed by atoms with Crippen molar-refractivity contribution in [1.29, 1.82) is 0 Å². The van der Waals surface area contributed by atoms with Crippen molar-refractivity contribution < 1.29 is 72.7 Å². The third-order valence-electron chi connectivity index (χ3n) is 2.95. The number of ether oxygens (including phenoxy) is 1. The molecule has 1 fully saturated rings. The van der Waals surface area contributed by atoms with Crippen LogP contribution in [0.15, 0.2) is 0 Å². The molecule has 3 nitrogen and oxygen atoms in total. The minimum atomic E-state index is -0.00143. The van der Waals surface area contributed by atoms with E-state index in [2.05, 4.69) is 26.1 Å². The Balaban J connectivity index is -0.000000563. The standard InChI is InChI=1S/C10H18NO2.3W/c1-6-7(2)10(11-9(4)12)5-13-8(6)3;;;/h5-8,10H,1-4H3,(H,11,12);;;/q-1;;;/t6?,7-,8?,10-;;;/m0.../s1. The Labute approximate surface area is 141 Å². The predicted octanol–water partition coefficient (Wildman–Crippen LogP) is 1.34. The summed E-state index contributed by atoms with van der Waals surface area (Å²) in [5.41, 5.74) is 0. The average molecular weight is 736 g/mol. The Morgan fingerprint density at radius 3 is 2.06 bits per heavy atom. The monoisotopic (exact) mass is 736 g/mol. The largest absolute Gasteiger partial charge is 0.548 e. The smallest absolute Gasteiger partial charge is 0.214 e. The molecule has 1 heterocycles. The van der Waals surface area contributed by atoms with Gasteiger partial charge in [-0.2, -0.15) is 6.61 Å². The second-order valence-corrected chi connectivity index (χ2v) is 3.92. The van der Waals surface area contributed by atoms with Crippen molar-refractivity contribution in [3.63, 3.8) is 0 Å². The van der Waals surface area contributed by atoms with E-state index in [-0.39, 0.29) is 81.2 Å². The third kappa shape index (κ3) is 6.43. The zero-order valence-corrected chi connectivity index (χ0v) is 18.7. The van der Waals surface area contributed by atoms with E-state index in [1.54, 1.807) is 6.61 Å². The molecule has 1 saturated heterocycles. The minimum absolute atomic E-state index is 0. The normalized spacial score (nSPS) is 32.5. The summed E-state index contributed by atoms with van der Waals surface area (Å²) in [6.07, 6.45) is 0.250. The molecule has 0 bridgehead atoms. The summed E-state index contributed by atoms with van der Waals surface area (Å²) in [6.45, 7) is 9.62. The first-order valence-electron chi connectivity index (χ1n) is 4.78. The summed E-state index contributed by atoms with van der Waals surface area (Å²) in [6, 6.07) is 0.0590. The van der Waals surface area contributed by atoms with Gasteiger partial charge in [-0.15, -0.1) is 0 Å². The maximum absolute atomic E-state index is 10.9. The van der Waals surface area contributed by atoms with Gasteiger partial charge in [0.1, 0.15) is 0 Å². The van der Waals surface area contributed by atoms with Crippen molar-refractivity contribution in [3.8, 4) is 0 Å². The summed E-state index contributed by atoms with van der Waals surface area (Å²) in [5.74, 6) is 0.910. The van der Waals surface area contributed by atoms with Crippen LogP contribution in [-0.4, -0.2) is 18.1 Å². The predicted molar refractivity (Wildman–Crippen MR) is 50.8 cm³/mol. The number of nitrogens with one attached hydrogen (secondary N) is 1. The topological polar surface area (TPSA) is 38.3 Å². The number of hydrogen-bond acceptors (Lipinski definition) is 2. The van der Waals surface area contributed by atoms with Crippen molar-refractivity contribution in [3.05, 3.63) is 6.61 Å². The fraction of sp³-hybridized carbons (Fsp3) is 0.800. The molecule has 4 atom stereocenters. The Kier molecular flexibility index (Phi) is 14.8. The number of carbonyl (C=O) groups excluding carboxylic acids is 1. The van der Waals surface area contributed by atoms with Gasteiger partial charge in [-0.3, -0.25) is 4.79 Å². The molecule has 1 rings (SSSR count). The van der Waals surface area contributed by atoms with Crippen LogP contribution in [0.4, 0.5) is 0 Å². The van der Waals surface area contributed by atoms with E-state index < -0.39 is 0 Å². The maximum atomic E-state index is 10.9. The molecule has 0 radical (unpaired) electrons. The van der Waals surface area contributed by atoms with E-state index in [9.17, 15) is 4.79 Å². The van der Waals surface area contributed by atoms with E-state index in [1.807, 2.05) is 0 Å². The van der Waals surface area contributed by atoms with Gasteiger partial charge in [0, 0.05) is 76.2 Å². The first kappa shape index (κ1) is 22.7. The molecule has 0 aromatic heterocycles. The molecule has 0 spiro atoms. The summed E-state index contributed by atoms with van der Waals surface area (Å²) in [5, 5.41) is 2.86. The quantitative estimate of drug-likeness (QED) is 0.414. The zero-order chi connectivity index (χ0) is 10.0. The molecule has 2 unspecified atom stereocenters. The molecule has 0 saturated carbocycles. The molecule has 0 aromatic rings. The summed E-state index contributed by atoms with van der Waals surface area (Å²) in [4.78, 5) is 10.9. The van der Waals surface area contributed by atoms with Crippen LogP contribution < -0.4 is 5.32 Å². The molecule has 94 valence electrons. The molecule has 1 aliphatic rings. The van der Waals surface area contributed by atoms with Crippen LogP contribution in [0.25, 0.3) is 0 Å². The fourth-order valence-electron chi connectivity index (χ4n) is 1.61. The number of rotatable bonds is 1. The van der Waals surface area contributed by atoms with E-state index in [1.165, 1.54) is 6.92 Å². The van der Waals surface area contributed by atoms with Gasteiger partial charge in [-0.1, -0.05) is 19.9 Å². The second-order valence-electron chi connectivity index (χ2n) is 3.92. The molecule has 1 amide bonds. The molecule has 6 heteroatoms. The van der Waals surface area contributed by atoms with Crippen LogP contribution in [0.3, 0.4) is 0 Å². The van der Waals surface area contributed by atoms with Gasteiger partial charge in [0.25, 0.3) is 0 Å². The van der Waals surface area contributed by atoms with Crippen LogP contribution in [0.1, 0.15) is 27.7 Å². The van der Waals surface area contributed by atoms with E-state index in [0.29, 0.717) is 11.8 Å². The first-order chi connectivity index (χ1) is 6.02. The van der Waals surface area contributed by atoms with Crippen molar-refractivity contribution >= 4 is 5.91 Å². The average Bonchev–Trinajstić information content (AvgIpc) is 2.06. The number of carbonyl (C=O) groups is 1. The second kappa shape index (κ2) is 10.4. The molecule has 1 aliphatic heterocycles. The summed E-state index contributed by atoms with van der Waals surface area (Å²) in [7, 11) is 0. The van der Waals surface area contributed by atoms with Crippen LogP contribution in [0, 0.1) is 18.4 Å². The third-order valence-corrected chi connectivity index (χ3v) is 2.95. The van der Waals surface area contributed by atoms with Crippen molar-refractivity contribution in [1.82, 2.24) is 5.32 Å².